The van der Waals surface area contributed by atoms with Crippen LogP contribution in [-0.2, 0) is 9.59 Å². The normalized spacial score (nSPS) is 15.4. The SMILES string of the molecule is CCN(CC)c1ccc(/C=C2\C(=O)NN(c3ccc(C)c(C)c3)C2=O)cc1. The molecule has 0 bridgehead atoms. The van der Waals surface area contributed by atoms with Crippen molar-refractivity contribution in [3.63, 3.8) is 0 Å². The van der Waals surface area contributed by atoms with Crippen LogP contribution < -0.4 is 15.3 Å². The third-order valence-corrected chi connectivity index (χ3v) is 4.97. The number of anilines is 2. The molecule has 1 aliphatic heterocycles. The van der Waals surface area contributed by atoms with Crippen LogP contribution in [0, 0.1) is 13.8 Å². The van der Waals surface area contributed by atoms with Crippen molar-refractivity contribution in [3.05, 3.63) is 64.7 Å². The van der Waals surface area contributed by atoms with Gasteiger partial charge in [-0.3, -0.25) is 15.0 Å². The Hall–Kier alpha value is -3.08. The molecule has 0 saturated carbocycles. The van der Waals surface area contributed by atoms with E-state index in [1.54, 1.807) is 6.08 Å². The maximum atomic E-state index is 12.8. The van der Waals surface area contributed by atoms with E-state index in [-0.39, 0.29) is 17.4 Å². The lowest BCUT2D eigenvalue weighted by Crippen LogP contribution is -2.35. The van der Waals surface area contributed by atoms with Crippen LogP contribution in [0.4, 0.5) is 11.4 Å². The van der Waals surface area contributed by atoms with Gasteiger partial charge in [0.15, 0.2) is 0 Å². The fraction of sp³-hybridized carbons (Fsp3) is 0.273. The highest BCUT2D eigenvalue weighted by Gasteiger charge is 2.34. The zero-order chi connectivity index (χ0) is 19.6. The van der Waals surface area contributed by atoms with E-state index in [0.29, 0.717) is 5.69 Å². The molecule has 5 nitrogen and oxygen atoms in total. The summed E-state index contributed by atoms with van der Waals surface area (Å²) in [4.78, 5) is 27.3. The minimum Gasteiger partial charge on any atom is -0.372 e. The summed E-state index contributed by atoms with van der Waals surface area (Å²) in [6.07, 6.45) is 1.64. The second-order valence-corrected chi connectivity index (χ2v) is 6.67. The number of rotatable bonds is 5. The van der Waals surface area contributed by atoms with Gasteiger partial charge in [-0.1, -0.05) is 18.2 Å². The third kappa shape index (κ3) is 3.72. The van der Waals surface area contributed by atoms with Gasteiger partial charge in [0, 0.05) is 18.8 Å². The first-order valence-corrected chi connectivity index (χ1v) is 9.24. The highest BCUT2D eigenvalue weighted by molar-refractivity contribution is 6.31. The maximum absolute atomic E-state index is 12.8. The van der Waals surface area contributed by atoms with E-state index >= 15 is 0 Å². The van der Waals surface area contributed by atoms with Crippen LogP contribution in [0.2, 0.25) is 0 Å². The van der Waals surface area contributed by atoms with Gasteiger partial charge in [0.05, 0.1) is 5.69 Å². The summed E-state index contributed by atoms with van der Waals surface area (Å²) in [6.45, 7) is 10.1. The molecule has 0 aromatic heterocycles. The summed E-state index contributed by atoms with van der Waals surface area (Å²) >= 11 is 0. The van der Waals surface area contributed by atoms with Crippen molar-refractivity contribution >= 4 is 29.3 Å². The Morgan fingerprint density at radius 2 is 1.63 bits per heavy atom. The number of hydrogen-bond acceptors (Lipinski definition) is 3. The standard InChI is InChI=1S/C22H25N3O2/c1-5-24(6-2)18-11-8-17(9-12-18)14-20-21(26)23-25(22(20)27)19-10-7-15(3)16(4)13-19/h7-14H,5-6H2,1-4H3,(H,23,26)/b20-14+. The molecule has 1 heterocycles. The molecule has 2 aromatic carbocycles. The van der Waals surface area contributed by atoms with Gasteiger partial charge in [0.1, 0.15) is 5.57 Å². The van der Waals surface area contributed by atoms with Crippen molar-refractivity contribution in [1.29, 1.82) is 0 Å². The van der Waals surface area contributed by atoms with Crippen molar-refractivity contribution in [1.82, 2.24) is 5.43 Å². The molecule has 0 spiro atoms. The Kier molecular flexibility index (Phi) is 5.31. The average Bonchev–Trinajstić information content (AvgIpc) is 2.94. The Balaban J connectivity index is 1.85. The van der Waals surface area contributed by atoms with Gasteiger partial charge in [0.25, 0.3) is 11.8 Å². The fourth-order valence-corrected chi connectivity index (χ4v) is 3.14. The molecule has 1 aliphatic rings. The molecular weight excluding hydrogens is 338 g/mol. The topological polar surface area (TPSA) is 52.7 Å². The first-order chi connectivity index (χ1) is 12.9. The first-order valence-electron chi connectivity index (χ1n) is 9.24. The van der Waals surface area contributed by atoms with Crippen LogP contribution >= 0.6 is 0 Å². The van der Waals surface area contributed by atoms with E-state index < -0.39 is 0 Å². The number of amides is 2. The number of aryl methyl sites for hydroxylation is 2. The second-order valence-electron chi connectivity index (χ2n) is 6.67. The van der Waals surface area contributed by atoms with Gasteiger partial charge in [-0.2, -0.15) is 0 Å². The Bertz CT molecular complexity index is 896. The van der Waals surface area contributed by atoms with Crippen molar-refractivity contribution in [2.75, 3.05) is 23.0 Å². The van der Waals surface area contributed by atoms with Crippen molar-refractivity contribution in [2.45, 2.75) is 27.7 Å². The number of carbonyl (C=O) groups excluding carboxylic acids is 2. The maximum Gasteiger partial charge on any atom is 0.282 e. The van der Waals surface area contributed by atoms with E-state index in [0.717, 1.165) is 35.5 Å². The molecule has 5 heteroatoms. The lowest BCUT2D eigenvalue weighted by atomic mass is 10.1. The van der Waals surface area contributed by atoms with E-state index in [2.05, 4.69) is 24.2 Å². The zero-order valence-corrected chi connectivity index (χ0v) is 16.2. The lowest BCUT2D eigenvalue weighted by Gasteiger charge is -2.20. The summed E-state index contributed by atoms with van der Waals surface area (Å²) in [5, 5.41) is 1.31. The zero-order valence-electron chi connectivity index (χ0n) is 16.2. The van der Waals surface area contributed by atoms with Gasteiger partial charge in [-0.05, 0) is 74.7 Å². The molecule has 1 fully saturated rings. The highest BCUT2D eigenvalue weighted by atomic mass is 16.2. The number of nitrogens with one attached hydrogen (secondary N) is 1. The van der Waals surface area contributed by atoms with Gasteiger partial charge >= 0.3 is 0 Å². The minimum absolute atomic E-state index is 0.142. The summed E-state index contributed by atoms with van der Waals surface area (Å²) in [7, 11) is 0. The van der Waals surface area contributed by atoms with E-state index in [9.17, 15) is 9.59 Å². The molecule has 27 heavy (non-hydrogen) atoms. The summed E-state index contributed by atoms with van der Waals surface area (Å²) < 4.78 is 0. The van der Waals surface area contributed by atoms with Gasteiger partial charge in [-0.25, -0.2) is 5.01 Å². The van der Waals surface area contributed by atoms with Crippen LogP contribution in [0.25, 0.3) is 6.08 Å². The molecule has 0 aliphatic carbocycles. The lowest BCUT2D eigenvalue weighted by molar-refractivity contribution is -0.117. The van der Waals surface area contributed by atoms with E-state index in [4.69, 9.17) is 0 Å². The molecule has 2 amide bonds. The van der Waals surface area contributed by atoms with E-state index in [1.165, 1.54) is 5.01 Å². The summed E-state index contributed by atoms with van der Waals surface area (Å²) in [6, 6.07) is 13.6. The average molecular weight is 363 g/mol. The summed E-state index contributed by atoms with van der Waals surface area (Å²) in [5.74, 6) is -0.720. The largest absolute Gasteiger partial charge is 0.372 e. The van der Waals surface area contributed by atoms with Crippen molar-refractivity contribution in [3.8, 4) is 0 Å². The molecule has 2 aromatic rings. The molecule has 3 rings (SSSR count). The van der Waals surface area contributed by atoms with Gasteiger partial charge < -0.3 is 4.90 Å². The van der Waals surface area contributed by atoms with E-state index in [1.807, 2.05) is 56.3 Å². The van der Waals surface area contributed by atoms with Crippen LogP contribution in [0.15, 0.2) is 48.0 Å². The molecule has 0 radical (unpaired) electrons. The minimum atomic E-state index is -0.383. The van der Waals surface area contributed by atoms with Crippen molar-refractivity contribution < 1.29 is 9.59 Å². The number of carbonyl (C=O) groups is 2. The van der Waals surface area contributed by atoms with Crippen LogP contribution in [0.5, 0.6) is 0 Å². The van der Waals surface area contributed by atoms with Crippen LogP contribution in [0.3, 0.4) is 0 Å². The van der Waals surface area contributed by atoms with Crippen LogP contribution in [-0.4, -0.2) is 24.9 Å². The van der Waals surface area contributed by atoms with Crippen molar-refractivity contribution in [2.24, 2.45) is 0 Å². The van der Waals surface area contributed by atoms with Gasteiger partial charge in [-0.15, -0.1) is 0 Å². The molecule has 1 saturated heterocycles. The number of hydrazine groups is 1. The quantitative estimate of drug-likeness (QED) is 0.652. The number of nitrogens with zero attached hydrogens (tertiary/aromatic N) is 2. The first kappa shape index (κ1) is 18.7. The Labute approximate surface area is 160 Å². The highest BCUT2D eigenvalue weighted by Crippen LogP contribution is 2.24. The predicted octanol–water partition coefficient (Wildman–Crippen LogP) is 3.61. The Morgan fingerprint density at radius 1 is 0.963 bits per heavy atom. The molecular formula is C22H25N3O2. The fourth-order valence-electron chi connectivity index (χ4n) is 3.14. The molecule has 0 atom stereocenters. The monoisotopic (exact) mass is 363 g/mol. The molecule has 0 unspecified atom stereocenters. The number of benzene rings is 2. The number of hydrogen-bond donors (Lipinski definition) is 1. The predicted molar refractivity (Wildman–Crippen MR) is 110 cm³/mol. The summed E-state index contributed by atoms with van der Waals surface area (Å²) in [5.41, 5.74) is 7.62. The smallest absolute Gasteiger partial charge is 0.282 e. The molecule has 1 N–H and O–H groups in total. The second kappa shape index (κ2) is 7.66. The van der Waals surface area contributed by atoms with Crippen LogP contribution in [0.1, 0.15) is 30.5 Å². The molecule has 140 valence electrons. The Morgan fingerprint density at radius 3 is 2.22 bits per heavy atom. The third-order valence-electron chi connectivity index (χ3n) is 4.97. The van der Waals surface area contributed by atoms with Gasteiger partial charge in [0.2, 0.25) is 0 Å².